The van der Waals surface area contributed by atoms with Crippen LogP contribution >= 0.6 is 0 Å². The summed E-state index contributed by atoms with van der Waals surface area (Å²) in [6.45, 7) is 8.38. The second kappa shape index (κ2) is 7.10. The summed E-state index contributed by atoms with van der Waals surface area (Å²) >= 11 is 0. The number of nitrogens with one attached hydrogen (secondary N) is 1. The molecule has 120 valence electrons. The van der Waals surface area contributed by atoms with Gasteiger partial charge in [0.1, 0.15) is 0 Å². The van der Waals surface area contributed by atoms with Crippen LogP contribution in [0.2, 0.25) is 0 Å². The first-order valence-electron chi connectivity index (χ1n) is 8.95. The fraction of sp³-hybridized carbons (Fsp3) is 0.941. The molecule has 2 aliphatic heterocycles. The Morgan fingerprint density at radius 1 is 1.10 bits per heavy atom. The van der Waals surface area contributed by atoms with Crippen molar-refractivity contribution in [2.45, 2.75) is 51.5 Å². The highest BCUT2D eigenvalue weighted by Crippen LogP contribution is 2.29. The van der Waals surface area contributed by atoms with Gasteiger partial charge >= 0.3 is 0 Å². The number of hydrogen-bond donors (Lipinski definition) is 1. The maximum absolute atomic E-state index is 12.6. The van der Waals surface area contributed by atoms with Gasteiger partial charge in [-0.2, -0.15) is 0 Å². The molecule has 1 aliphatic carbocycles. The van der Waals surface area contributed by atoms with Crippen LogP contribution in [-0.4, -0.2) is 61.0 Å². The van der Waals surface area contributed by atoms with Gasteiger partial charge in [0.15, 0.2) is 0 Å². The topological polar surface area (TPSA) is 35.6 Å². The maximum atomic E-state index is 12.6. The molecule has 0 aromatic rings. The summed E-state index contributed by atoms with van der Waals surface area (Å²) in [6.07, 6.45) is 7.52. The number of rotatable bonds is 5. The van der Waals surface area contributed by atoms with Gasteiger partial charge < -0.3 is 10.2 Å². The van der Waals surface area contributed by atoms with Gasteiger partial charge in [0.05, 0.1) is 6.54 Å². The fourth-order valence-corrected chi connectivity index (χ4v) is 3.71. The van der Waals surface area contributed by atoms with Gasteiger partial charge in [0, 0.05) is 25.7 Å². The molecule has 2 saturated heterocycles. The Hall–Kier alpha value is -0.610. The minimum atomic E-state index is 0.378. The normalized spacial score (nSPS) is 25.5. The third-order valence-corrected chi connectivity index (χ3v) is 5.49. The third-order valence-electron chi connectivity index (χ3n) is 5.49. The third kappa shape index (κ3) is 4.43. The Kier molecular flexibility index (Phi) is 5.17. The average molecular weight is 293 g/mol. The standard InChI is InChI=1S/C17H31N3O/c1-14-6-10-19(11-7-14)17(21)13-20(16-2-3-16)12-15-4-8-18-9-5-15/h14-16,18H,2-13H2,1H3. The molecule has 2 heterocycles. The lowest BCUT2D eigenvalue weighted by Crippen LogP contribution is -2.46. The van der Waals surface area contributed by atoms with E-state index in [-0.39, 0.29) is 0 Å². The highest BCUT2D eigenvalue weighted by atomic mass is 16.2. The van der Waals surface area contributed by atoms with Crippen molar-refractivity contribution < 1.29 is 4.79 Å². The molecule has 3 aliphatic rings. The molecular weight excluding hydrogens is 262 g/mol. The molecular formula is C17H31N3O. The Morgan fingerprint density at radius 2 is 1.76 bits per heavy atom. The molecule has 1 amide bonds. The van der Waals surface area contributed by atoms with Gasteiger partial charge in [-0.05, 0) is 63.5 Å². The summed E-state index contributed by atoms with van der Waals surface area (Å²) in [7, 11) is 0. The average Bonchev–Trinajstić information content (AvgIpc) is 3.33. The van der Waals surface area contributed by atoms with E-state index in [1.54, 1.807) is 0 Å². The van der Waals surface area contributed by atoms with Gasteiger partial charge in [0.2, 0.25) is 5.91 Å². The fourth-order valence-electron chi connectivity index (χ4n) is 3.71. The first-order valence-corrected chi connectivity index (χ1v) is 8.95. The smallest absolute Gasteiger partial charge is 0.236 e. The zero-order valence-corrected chi connectivity index (χ0v) is 13.5. The van der Waals surface area contributed by atoms with Crippen molar-refractivity contribution in [2.24, 2.45) is 11.8 Å². The van der Waals surface area contributed by atoms with E-state index in [4.69, 9.17) is 0 Å². The number of amides is 1. The minimum Gasteiger partial charge on any atom is -0.342 e. The molecule has 3 fully saturated rings. The molecule has 0 aromatic carbocycles. The van der Waals surface area contributed by atoms with Crippen LogP contribution < -0.4 is 5.32 Å². The molecule has 4 heteroatoms. The van der Waals surface area contributed by atoms with Crippen LogP contribution in [0.4, 0.5) is 0 Å². The Balaban J connectivity index is 1.48. The number of hydrogen-bond acceptors (Lipinski definition) is 3. The van der Waals surface area contributed by atoms with E-state index in [1.165, 1.54) is 38.5 Å². The summed E-state index contributed by atoms with van der Waals surface area (Å²) in [5, 5.41) is 3.44. The lowest BCUT2D eigenvalue weighted by molar-refractivity contribution is -0.134. The molecule has 4 nitrogen and oxygen atoms in total. The van der Waals surface area contributed by atoms with Gasteiger partial charge in [-0.3, -0.25) is 9.69 Å². The predicted octanol–water partition coefficient (Wildman–Crippen LogP) is 1.71. The van der Waals surface area contributed by atoms with E-state index >= 15 is 0 Å². The van der Waals surface area contributed by atoms with Crippen molar-refractivity contribution in [1.29, 1.82) is 0 Å². The summed E-state index contributed by atoms with van der Waals surface area (Å²) < 4.78 is 0. The number of carbonyl (C=O) groups is 1. The van der Waals surface area contributed by atoms with Crippen LogP contribution in [0.15, 0.2) is 0 Å². The monoisotopic (exact) mass is 293 g/mol. The Morgan fingerprint density at radius 3 is 2.38 bits per heavy atom. The summed E-state index contributed by atoms with van der Waals surface area (Å²) in [4.78, 5) is 17.2. The first kappa shape index (κ1) is 15.3. The van der Waals surface area contributed by atoms with Crippen molar-refractivity contribution in [3.8, 4) is 0 Å². The van der Waals surface area contributed by atoms with Gasteiger partial charge in [-0.1, -0.05) is 6.92 Å². The molecule has 0 bridgehead atoms. The molecule has 0 radical (unpaired) electrons. The molecule has 0 spiro atoms. The van der Waals surface area contributed by atoms with E-state index in [0.29, 0.717) is 18.5 Å². The molecule has 21 heavy (non-hydrogen) atoms. The zero-order chi connectivity index (χ0) is 14.7. The summed E-state index contributed by atoms with van der Waals surface area (Å²) in [5.41, 5.74) is 0. The van der Waals surface area contributed by atoms with E-state index in [0.717, 1.165) is 44.6 Å². The molecule has 1 N–H and O–H groups in total. The highest BCUT2D eigenvalue weighted by Gasteiger charge is 2.33. The van der Waals surface area contributed by atoms with Crippen LogP contribution in [0, 0.1) is 11.8 Å². The first-order chi connectivity index (χ1) is 10.2. The van der Waals surface area contributed by atoms with E-state index < -0.39 is 0 Å². The molecule has 0 unspecified atom stereocenters. The lowest BCUT2D eigenvalue weighted by atomic mass is 9.97. The highest BCUT2D eigenvalue weighted by molar-refractivity contribution is 5.78. The number of carbonyl (C=O) groups excluding carboxylic acids is 1. The Bertz CT molecular complexity index is 342. The summed E-state index contributed by atoms with van der Waals surface area (Å²) in [6, 6.07) is 0.701. The van der Waals surface area contributed by atoms with Crippen molar-refractivity contribution in [2.75, 3.05) is 39.3 Å². The van der Waals surface area contributed by atoms with Crippen molar-refractivity contribution in [3.63, 3.8) is 0 Å². The quantitative estimate of drug-likeness (QED) is 0.838. The van der Waals surface area contributed by atoms with E-state index in [9.17, 15) is 4.79 Å². The van der Waals surface area contributed by atoms with Crippen molar-refractivity contribution in [1.82, 2.24) is 15.1 Å². The van der Waals surface area contributed by atoms with Crippen LogP contribution in [0.1, 0.15) is 45.4 Å². The van der Waals surface area contributed by atoms with Crippen LogP contribution in [0.3, 0.4) is 0 Å². The SMILES string of the molecule is CC1CCN(C(=O)CN(CC2CCNCC2)C2CC2)CC1. The molecule has 0 aromatic heterocycles. The minimum absolute atomic E-state index is 0.378. The maximum Gasteiger partial charge on any atom is 0.236 e. The largest absolute Gasteiger partial charge is 0.342 e. The van der Waals surface area contributed by atoms with Crippen LogP contribution in [0.5, 0.6) is 0 Å². The molecule has 1 saturated carbocycles. The summed E-state index contributed by atoms with van der Waals surface area (Å²) in [5.74, 6) is 1.96. The van der Waals surface area contributed by atoms with Crippen LogP contribution in [0.25, 0.3) is 0 Å². The molecule has 3 rings (SSSR count). The van der Waals surface area contributed by atoms with Crippen molar-refractivity contribution in [3.05, 3.63) is 0 Å². The van der Waals surface area contributed by atoms with Crippen LogP contribution in [-0.2, 0) is 4.79 Å². The lowest BCUT2D eigenvalue weighted by Gasteiger charge is -2.34. The zero-order valence-electron chi connectivity index (χ0n) is 13.5. The predicted molar refractivity (Wildman–Crippen MR) is 85.2 cm³/mol. The number of nitrogens with zero attached hydrogens (tertiary/aromatic N) is 2. The second-order valence-electron chi connectivity index (χ2n) is 7.42. The van der Waals surface area contributed by atoms with E-state index in [2.05, 4.69) is 22.0 Å². The second-order valence-corrected chi connectivity index (χ2v) is 7.42. The number of piperidine rings is 2. The molecule has 0 atom stereocenters. The van der Waals surface area contributed by atoms with Crippen molar-refractivity contribution >= 4 is 5.91 Å². The Labute approximate surface area is 129 Å². The number of likely N-dealkylation sites (tertiary alicyclic amines) is 1. The van der Waals surface area contributed by atoms with Gasteiger partial charge in [-0.25, -0.2) is 0 Å². The van der Waals surface area contributed by atoms with E-state index in [1.807, 2.05) is 0 Å². The van der Waals surface area contributed by atoms with Gasteiger partial charge in [-0.15, -0.1) is 0 Å². The van der Waals surface area contributed by atoms with Gasteiger partial charge in [0.25, 0.3) is 0 Å².